The molecule has 1 atom stereocenters. The number of hydrogen-bond donors (Lipinski definition) is 1. The second-order valence-corrected chi connectivity index (χ2v) is 4.44. The highest BCUT2D eigenvalue weighted by Gasteiger charge is 2.26. The van der Waals surface area contributed by atoms with Crippen molar-refractivity contribution in [3.8, 4) is 0 Å². The summed E-state index contributed by atoms with van der Waals surface area (Å²) in [5.41, 5.74) is 1.11. The third-order valence-corrected chi connectivity index (χ3v) is 3.25. The van der Waals surface area contributed by atoms with Gasteiger partial charge in [0, 0.05) is 32.1 Å². The number of aromatic nitrogens is 4. The summed E-state index contributed by atoms with van der Waals surface area (Å²) in [4.78, 5) is 4.17. The first-order chi connectivity index (χ1) is 9.40. The molecule has 1 unspecified atom stereocenters. The predicted molar refractivity (Wildman–Crippen MR) is 69.4 cm³/mol. The van der Waals surface area contributed by atoms with E-state index in [9.17, 15) is 0 Å². The fourth-order valence-electron chi connectivity index (χ4n) is 2.33. The first kappa shape index (κ1) is 12.3. The van der Waals surface area contributed by atoms with Crippen molar-refractivity contribution >= 4 is 0 Å². The van der Waals surface area contributed by atoms with Crippen LogP contribution in [0.25, 0.3) is 0 Å². The third kappa shape index (κ3) is 2.36. The van der Waals surface area contributed by atoms with Crippen LogP contribution in [0.15, 0.2) is 24.5 Å². The zero-order valence-electron chi connectivity index (χ0n) is 10.9. The lowest BCUT2D eigenvalue weighted by molar-refractivity contribution is 0.124. The molecule has 19 heavy (non-hydrogen) atoms. The average molecular weight is 259 g/mol. The minimum atomic E-state index is 0.0605. The first-order valence-corrected chi connectivity index (χ1v) is 6.53. The zero-order chi connectivity index (χ0) is 13.1. The van der Waals surface area contributed by atoms with E-state index in [1.165, 1.54) is 0 Å². The van der Waals surface area contributed by atoms with Gasteiger partial charge in [0.2, 0.25) is 0 Å². The Morgan fingerprint density at radius 1 is 1.47 bits per heavy atom. The fourth-order valence-corrected chi connectivity index (χ4v) is 2.33. The minimum Gasteiger partial charge on any atom is -0.374 e. The van der Waals surface area contributed by atoms with E-state index in [0.717, 1.165) is 30.3 Å². The standard InChI is InChI=1S/C13H17N5O/c1-2-19-9-11-16-17-13-12(15-6-7-18(11)13)10-4-3-5-14-8-10/h3-5,8,12,15H,2,6-7,9H2,1H3. The van der Waals surface area contributed by atoms with Crippen LogP contribution in [0.1, 0.15) is 30.2 Å². The van der Waals surface area contributed by atoms with E-state index in [2.05, 4.69) is 31.1 Å². The summed E-state index contributed by atoms with van der Waals surface area (Å²) in [6, 6.07) is 4.05. The number of pyridine rings is 1. The molecule has 6 nitrogen and oxygen atoms in total. The molecule has 0 amide bonds. The smallest absolute Gasteiger partial charge is 0.159 e. The van der Waals surface area contributed by atoms with Crippen molar-refractivity contribution in [2.45, 2.75) is 26.1 Å². The molecule has 3 rings (SSSR count). The van der Waals surface area contributed by atoms with Gasteiger partial charge in [-0.2, -0.15) is 0 Å². The van der Waals surface area contributed by atoms with Crippen LogP contribution in [-0.2, 0) is 17.9 Å². The molecule has 100 valence electrons. The Hall–Kier alpha value is -1.79. The van der Waals surface area contributed by atoms with E-state index < -0.39 is 0 Å². The molecule has 6 heteroatoms. The van der Waals surface area contributed by atoms with E-state index in [4.69, 9.17) is 4.74 Å². The lowest BCUT2D eigenvalue weighted by Gasteiger charge is -2.25. The van der Waals surface area contributed by atoms with Crippen molar-refractivity contribution in [2.24, 2.45) is 0 Å². The van der Waals surface area contributed by atoms with Crippen LogP contribution in [0.2, 0.25) is 0 Å². The van der Waals surface area contributed by atoms with Crippen LogP contribution in [0.3, 0.4) is 0 Å². The molecule has 0 saturated heterocycles. The second-order valence-electron chi connectivity index (χ2n) is 4.44. The molecule has 0 saturated carbocycles. The number of rotatable bonds is 4. The van der Waals surface area contributed by atoms with Crippen molar-refractivity contribution in [3.05, 3.63) is 41.7 Å². The van der Waals surface area contributed by atoms with Crippen LogP contribution in [0.5, 0.6) is 0 Å². The molecule has 2 aromatic rings. The van der Waals surface area contributed by atoms with E-state index in [1.54, 1.807) is 6.20 Å². The molecule has 0 aliphatic carbocycles. The Morgan fingerprint density at radius 3 is 3.21 bits per heavy atom. The van der Waals surface area contributed by atoms with E-state index in [0.29, 0.717) is 13.2 Å². The zero-order valence-corrected chi connectivity index (χ0v) is 10.9. The van der Waals surface area contributed by atoms with Gasteiger partial charge in [0.15, 0.2) is 11.6 Å². The maximum atomic E-state index is 5.43. The normalized spacial score (nSPS) is 18.3. The van der Waals surface area contributed by atoms with Crippen LogP contribution in [0, 0.1) is 0 Å². The Balaban J connectivity index is 1.91. The molecule has 0 radical (unpaired) electrons. The van der Waals surface area contributed by atoms with Gasteiger partial charge in [0.05, 0.1) is 6.04 Å². The van der Waals surface area contributed by atoms with Crippen molar-refractivity contribution in [3.63, 3.8) is 0 Å². The molecule has 1 aliphatic rings. The number of hydrogen-bond acceptors (Lipinski definition) is 5. The maximum Gasteiger partial charge on any atom is 0.159 e. The molecular weight excluding hydrogens is 242 g/mol. The summed E-state index contributed by atoms with van der Waals surface area (Å²) < 4.78 is 7.57. The molecule has 0 spiro atoms. The molecule has 3 heterocycles. The lowest BCUT2D eigenvalue weighted by Crippen LogP contribution is -2.35. The first-order valence-electron chi connectivity index (χ1n) is 6.53. The van der Waals surface area contributed by atoms with E-state index in [-0.39, 0.29) is 6.04 Å². The molecule has 0 aromatic carbocycles. The number of fused-ring (bicyclic) bond motifs is 1. The van der Waals surface area contributed by atoms with Gasteiger partial charge in [-0.15, -0.1) is 10.2 Å². The van der Waals surface area contributed by atoms with Crippen LogP contribution in [0.4, 0.5) is 0 Å². The average Bonchev–Trinajstić information content (AvgIpc) is 2.89. The Kier molecular flexibility index (Phi) is 3.52. The van der Waals surface area contributed by atoms with Crippen LogP contribution in [-0.4, -0.2) is 32.9 Å². The van der Waals surface area contributed by atoms with Crippen molar-refractivity contribution < 1.29 is 4.74 Å². The summed E-state index contributed by atoms with van der Waals surface area (Å²) >= 11 is 0. The monoisotopic (exact) mass is 259 g/mol. The van der Waals surface area contributed by atoms with Gasteiger partial charge in [0.25, 0.3) is 0 Å². The summed E-state index contributed by atoms with van der Waals surface area (Å²) in [6.07, 6.45) is 3.64. The summed E-state index contributed by atoms with van der Waals surface area (Å²) in [5.74, 6) is 1.83. The van der Waals surface area contributed by atoms with Crippen LogP contribution < -0.4 is 5.32 Å². The van der Waals surface area contributed by atoms with Gasteiger partial charge in [-0.3, -0.25) is 4.98 Å². The summed E-state index contributed by atoms with van der Waals surface area (Å²) in [5, 5.41) is 12.0. The lowest BCUT2D eigenvalue weighted by atomic mass is 10.1. The molecule has 1 aliphatic heterocycles. The van der Waals surface area contributed by atoms with Gasteiger partial charge in [-0.05, 0) is 18.6 Å². The van der Waals surface area contributed by atoms with Gasteiger partial charge < -0.3 is 14.6 Å². The van der Waals surface area contributed by atoms with Gasteiger partial charge in [-0.25, -0.2) is 0 Å². The minimum absolute atomic E-state index is 0.0605. The largest absolute Gasteiger partial charge is 0.374 e. The van der Waals surface area contributed by atoms with Gasteiger partial charge >= 0.3 is 0 Å². The number of nitrogens with one attached hydrogen (secondary N) is 1. The molecule has 0 fully saturated rings. The van der Waals surface area contributed by atoms with Crippen LogP contribution >= 0.6 is 0 Å². The highest BCUT2D eigenvalue weighted by molar-refractivity contribution is 5.23. The highest BCUT2D eigenvalue weighted by atomic mass is 16.5. The number of nitrogens with zero attached hydrogens (tertiary/aromatic N) is 4. The van der Waals surface area contributed by atoms with E-state index >= 15 is 0 Å². The molecule has 2 aromatic heterocycles. The van der Waals surface area contributed by atoms with Gasteiger partial charge in [-0.1, -0.05) is 6.07 Å². The van der Waals surface area contributed by atoms with E-state index in [1.807, 2.05) is 19.2 Å². The predicted octanol–water partition coefficient (Wildman–Crippen LogP) is 0.902. The highest BCUT2D eigenvalue weighted by Crippen LogP contribution is 2.23. The molecule has 0 bridgehead atoms. The van der Waals surface area contributed by atoms with Crippen molar-refractivity contribution in [1.29, 1.82) is 0 Å². The van der Waals surface area contributed by atoms with Gasteiger partial charge in [0.1, 0.15) is 6.61 Å². The second kappa shape index (κ2) is 5.46. The third-order valence-electron chi connectivity index (χ3n) is 3.25. The molecule has 1 N–H and O–H groups in total. The Bertz CT molecular complexity index is 539. The summed E-state index contributed by atoms with van der Waals surface area (Å²) in [6.45, 7) is 4.95. The van der Waals surface area contributed by atoms with Crippen molar-refractivity contribution in [2.75, 3.05) is 13.2 Å². The fraction of sp³-hybridized carbons (Fsp3) is 0.462. The maximum absolute atomic E-state index is 5.43. The number of ether oxygens (including phenoxy) is 1. The Morgan fingerprint density at radius 2 is 2.42 bits per heavy atom. The summed E-state index contributed by atoms with van der Waals surface area (Å²) in [7, 11) is 0. The SMILES string of the molecule is CCOCc1nnc2n1CCNC2c1cccnc1. The molecular formula is C13H17N5O. The topological polar surface area (TPSA) is 64.9 Å². The van der Waals surface area contributed by atoms with Crippen molar-refractivity contribution in [1.82, 2.24) is 25.1 Å². The quantitative estimate of drug-likeness (QED) is 0.884. The Labute approximate surface area is 111 Å².